The van der Waals surface area contributed by atoms with Crippen LogP contribution in [0.5, 0.6) is 0 Å². The number of sulfonamides is 1. The van der Waals surface area contributed by atoms with E-state index in [0.29, 0.717) is 42.7 Å². The molecule has 2 aromatic carbocycles. The van der Waals surface area contributed by atoms with Crippen LogP contribution in [0.25, 0.3) is 0 Å². The van der Waals surface area contributed by atoms with E-state index in [1.165, 1.54) is 42.2 Å². The highest BCUT2D eigenvalue weighted by Gasteiger charge is 2.38. The molecule has 14 heteroatoms. The number of sulfone groups is 1. The summed E-state index contributed by atoms with van der Waals surface area (Å²) < 4.78 is 97.6. The predicted molar refractivity (Wildman–Crippen MR) is 133 cm³/mol. The minimum atomic E-state index is -5.01. The number of aryl methyl sites for hydroxylation is 2. The van der Waals surface area contributed by atoms with Gasteiger partial charge in [0.2, 0.25) is 19.9 Å². The third kappa shape index (κ3) is 5.72. The molecule has 0 amide bonds. The number of carbonyl (C=O) groups is 1. The summed E-state index contributed by atoms with van der Waals surface area (Å²) in [6.07, 6.45) is -2.35. The van der Waals surface area contributed by atoms with Crippen molar-refractivity contribution in [3.05, 3.63) is 71.0 Å². The first kappa shape index (κ1) is 28.8. The molecular weight excluding hydrogens is 559 g/mol. The second-order valence-electron chi connectivity index (χ2n) is 9.35. The lowest BCUT2D eigenvalue weighted by molar-refractivity contribution is -0.138. The molecule has 1 unspecified atom stereocenters. The molecule has 1 atom stereocenters. The number of nitrogens with zero attached hydrogens (tertiary/aromatic N) is 3. The minimum absolute atomic E-state index is 0.0850. The summed E-state index contributed by atoms with van der Waals surface area (Å²) in [7, 11) is -7.87. The maximum absolute atomic E-state index is 13.8. The second kappa shape index (κ2) is 10.4. The van der Waals surface area contributed by atoms with Crippen LogP contribution in [0.1, 0.15) is 47.7 Å². The maximum atomic E-state index is 13.8. The van der Waals surface area contributed by atoms with Crippen molar-refractivity contribution < 1.29 is 39.9 Å². The number of carboxylic acids is 1. The fourth-order valence-corrected chi connectivity index (χ4v) is 7.44. The van der Waals surface area contributed by atoms with E-state index in [1.54, 1.807) is 6.92 Å². The molecule has 1 N–H and O–H groups in total. The zero-order valence-corrected chi connectivity index (χ0v) is 22.6. The van der Waals surface area contributed by atoms with Gasteiger partial charge in [0.25, 0.3) is 0 Å². The Morgan fingerprint density at radius 1 is 1.08 bits per heavy atom. The Balaban J connectivity index is 1.78. The highest BCUT2D eigenvalue weighted by atomic mass is 32.2. The molecule has 0 saturated heterocycles. The molecule has 0 radical (unpaired) electrons. The van der Waals surface area contributed by atoms with Gasteiger partial charge in [0.1, 0.15) is 0 Å². The Labute approximate surface area is 223 Å². The zero-order chi connectivity index (χ0) is 28.8. The first-order valence-electron chi connectivity index (χ1n) is 11.9. The number of aliphatic carboxylic acids is 1. The number of carboxylic acid groups (broad SMARTS) is 1. The molecule has 1 aliphatic carbocycles. The van der Waals surface area contributed by atoms with Crippen LogP contribution >= 0.6 is 0 Å². The molecule has 39 heavy (non-hydrogen) atoms. The van der Waals surface area contributed by atoms with Crippen LogP contribution in [0, 0.1) is 6.92 Å². The Morgan fingerprint density at radius 3 is 2.33 bits per heavy atom. The monoisotopic (exact) mass is 585 g/mol. The number of fused-ring (bicyclic) bond motifs is 1. The lowest BCUT2D eigenvalue weighted by atomic mass is 9.93. The van der Waals surface area contributed by atoms with E-state index in [1.807, 2.05) is 0 Å². The van der Waals surface area contributed by atoms with Crippen LogP contribution < -0.4 is 0 Å². The van der Waals surface area contributed by atoms with E-state index in [9.17, 15) is 34.8 Å². The fourth-order valence-electron chi connectivity index (χ4n) is 4.59. The Kier molecular flexibility index (Phi) is 7.67. The topological polar surface area (TPSA) is 127 Å². The van der Waals surface area contributed by atoms with Crippen molar-refractivity contribution in [2.75, 3.05) is 7.05 Å². The van der Waals surface area contributed by atoms with Crippen molar-refractivity contribution in [1.29, 1.82) is 0 Å². The average Bonchev–Trinajstić information content (AvgIpc) is 3.29. The van der Waals surface area contributed by atoms with Gasteiger partial charge in [-0.25, -0.2) is 16.8 Å². The SMILES string of the molecule is Cc1ccc(S(=O)(=O)c2cc(C(F)(F)F)cc(S(=O)(=O)N(C)C3CCCc4c3cnn4CCC(=O)O)c2)cc1. The molecule has 1 aliphatic rings. The molecule has 0 spiro atoms. The molecule has 0 aliphatic heterocycles. The van der Waals surface area contributed by atoms with Gasteiger partial charge in [-0.05, 0) is 56.5 Å². The summed E-state index contributed by atoms with van der Waals surface area (Å²) >= 11 is 0. The predicted octanol–water partition coefficient (Wildman–Crippen LogP) is 4.22. The third-order valence-electron chi connectivity index (χ3n) is 6.73. The average molecular weight is 586 g/mol. The van der Waals surface area contributed by atoms with Crippen LogP contribution in [-0.2, 0) is 43.8 Å². The standard InChI is InChI=1S/C25H26F3N3O6S2/c1-16-6-8-18(9-7-16)38(34,35)19-12-17(25(26,27)28)13-20(14-19)39(36,37)30(2)22-4-3-5-23-21(22)15-29-31(23)11-10-24(32)33/h6-9,12-15,22H,3-5,10-11H2,1-2H3,(H,32,33). The third-order valence-corrected chi connectivity index (χ3v) is 10.3. The van der Waals surface area contributed by atoms with Gasteiger partial charge in [0.15, 0.2) is 0 Å². The van der Waals surface area contributed by atoms with Crippen LogP contribution in [0.2, 0.25) is 0 Å². The van der Waals surface area contributed by atoms with E-state index in [4.69, 9.17) is 5.11 Å². The van der Waals surface area contributed by atoms with Gasteiger partial charge < -0.3 is 5.11 Å². The summed E-state index contributed by atoms with van der Waals surface area (Å²) in [4.78, 5) is 9.10. The molecule has 210 valence electrons. The van der Waals surface area contributed by atoms with Crippen LogP contribution in [0.4, 0.5) is 13.2 Å². The van der Waals surface area contributed by atoms with Gasteiger partial charge in [-0.3, -0.25) is 9.48 Å². The maximum Gasteiger partial charge on any atom is 0.416 e. The van der Waals surface area contributed by atoms with Crippen molar-refractivity contribution in [2.45, 2.75) is 66.1 Å². The first-order chi connectivity index (χ1) is 18.1. The number of hydrogen-bond donors (Lipinski definition) is 1. The van der Waals surface area contributed by atoms with Crippen molar-refractivity contribution in [3.8, 4) is 0 Å². The normalized spacial score (nSPS) is 16.3. The molecule has 9 nitrogen and oxygen atoms in total. The molecule has 3 aromatic rings. The van der Waals surface area contributed by atoms with E-state index in [0.717, 1.165) is 15.9 Å². The number of rotatable bonds is 8. The summed E-state index contributed by atoms with van der Waals surface area (Å²) in [5.41, 5.74) is 0.507. The van der Waals surface area contributed by atoms with E-state index in [-0.39, 0.29) is 17.9 Å². The smallest absolute Gasteiger partial charge is 0.416 e. The van der Waals surface area contributed by atoms with Gasteiger partial charge in [-0.15, -0.1) is 0 Å². The summed E-state index contributed by atoms with van der Waals surface area (Å²) in [6, 6.07) is 6.29. The van der Waals surface area contributed by atoms with Gasteiger partial charge in [-0.2, -0.15) is 22.6 Å². The fraction of sp³-hybridized carbons (Fsp3) is 0.360. The van der Waals surface area contributed by atoms with Gasteiger partial charge in [0, 0.05) is 18.3 Å². The zero-order valence-electron chi connectivity index (χ0n) is 21.0. The van der Waals surface area contributed by atoms with Crippen molar-refractivity contribution in [3.63, 3.8) is 0 Å². The van der Waals surface area contributed by atoms with Gasteiger partial charge >= 0.3 is 12.1 Å². The highest BCUT2D eigenvalue weighted by Crippen LogP contribution is 2.39. The Bertz CT molecular complexity index is 1620. The first-order valence-corrected chi connectivity index (χ1v) is 14.8. The molecule has 0 saturated carbocycles. The molecule has 0 fully saturated rings. The molecular formula is C25H26F3N3O6S2. The Hall–Kier alpha value is -3.23. The summed E-state index contributed by atoms with van der Waals surface area (Å²) in [5.74, 6) is -1.02. The largest absolute Gasteiger partial charge is 0.481 e. The molecule has 1 heterocycles. The minimum Gasteiger partial charge on any atom is -0.481 e. The summed E-state index contributed by atoms with van der Waals surface area (Å²) in [6.45, 7) is 1.80. The molecule has 4 rings (SSSR count). The number of hydrogen-bond acceptors (Lipinski definition) is 6. The second-order valence-corrected chi connectivity index (χ2v) is 13.3. The summed E-state index contributed by atoms with van der Waals surface area (Å²) in [5, 5.41) is 13.2. The lowest BCUT2D eigenvalue weighted by Gasteiger charge is -2.31. The quantitative estimate of drug-likeness (QED) is 0.420. The lowest BCUT2D eigenvalue weighted by Crippen LogP contribution is -2.33. The van der Waals surface area contributed by atoms with Gasteiger partial charge in [0.05, 0.1) is 45.5 Å². The van der Waals surface area contributed by atoms with E-state index >= 15 is 0 Å². The number of halogens is 3. The number of aromatic nitrogens is 2. The molecule has 0 bridgehead atoms. The Morgan fingerprint density at radius 2 is 1.72 bits per heavy atom. The molecule has 1 aromatic heterocycles. The van der Waals surface area contributed by atoms with Gasteiger partial charge in [-0.1, -0.05) is 17.7 Å². The van der Waals surface area contributed by atoms with Crippen LogP contribution in [0.3, 0.4) is 0 Å². The van der Waals surface area contributed by atoms with Crippen molar-refractivity contribution in [1.82, 2.24) is 14.1 Å². The van der Waals surface area contributed by atoms with Crippen molar-refractivity contribution >= 4 is 25.8 Å². The van der Waals surface area contributed by atoms with Crippen molar-refractivity contribution in [2.24, 2.45) is 0 Å². The van der Waals surface area contributed by atoms with E-state index < -0.39 is 53.4 Å². The van der Waals surface area contributed by atoms with Crippen LogP contribution in [0.15, 0.2) is 63.3 Å². The van der Waals surface area contributed by atoms with E-state index in [2.05, 4.69) is 5.10 Å². The van der Waals surface area contributed by atoms with Crippen LogP contribution in [-0.4, -0.2) is 49.0 Å². The highest BCUT2D eigenvalue weighted by molar-refractivity contribution is 7.91. The number of alkyl halides is 3. The number of benzene rings is 2.